The van der Waals surface area contributed by atoms with E-state index < -0.39 is 0 Å². The molecule has 0 aliphatic heterocycles. The summed E-state index contributed by atoms with van der Waals surface area (Å²) in [5, 5.41) is 14.7. The van der Waals surface area contributed by atoms with E-state index in [0.29, 0.717) is 29.2 Å². The Hall–Kier alpha value is -3.69. The minimum absolute atomic E-state index is 0.160. The number of hydrogen-bond donors (Lipinski definition) is 2. The Morgan fingerprint density at radius 2 is 1.79 bits per heavy atom. The molecule has 0 aliphatic rings. The maximum atomic E-state index is 12.3. The maximum Gasteiger partial charge on any atom is 0.257 e. The number of hydrogen-bond acceptors (Lipinski definition) is 4. The Kier molecular flexibility index (Phi) is 6.34. The van der Waals surface area contributed by atoms with E-state index in [1.165, 1.54) is 6.07 Å². The van der Waals surface area contributed by atoms with Gasteiger partial charge in [-0.25, -0.2) is 0 Å². The Balaban J connectivity index is 1.58. The molecule has 0 spiro atoms. The molecule has 0 saturated heterocycles. The van der Waals surface area contributed by atoms with Crippen LogP contribution in [-0.2, 0) is 6.61 Å². The first-order valence-corrected chi connectivity index (χ1v) is 8.94. The molecule has 6 heteroatoms. The number of nitrogens with zero attached hydrogens (tertiary/aromatic N) is 1. The van der Waals surface area contributed by atoms with E-state index in [4.69, 9.17) is 22.2 Å². The summed E-state index contributed by atoms with van der Waals surface area (Å²) in [6, 6.07) is 25.6. The van der Waals surface area contributed by atoms with Gasteiger partial charge in [-0.2, -0.15) is 5.26 Å². The van der Waals surface area contributed by atoms with Gasteiger partial charge in [0.05, 0.1) is 11.6 Å². The minimum atomic E-state index is -0.383. The lowest BCUT2D eigenvalue weighted by Gasteiger charge is -2.12. The van der Waals surface area contributed by atoms with E-state index in [1.54, 1.807) is 24.3 Å². The number of carbonyl (C=O) groups is 1. The number of thiocarbonyl (C=S) groups is 1. The average Bonchev–Trinajstić information content (AvgIpc) is 2.73. The molecule has 0 atom stereocenters. The van der Waals surface area contributed by atoms with Crippen LogP contribution in [0.15, 0.2) is 78.9 Å². The van der Waals surface area contributed by atoms with Gasteiger partial charge in [-0.15, -0.1) is 0 Å². The van der Waals surface area contributed by atoms with Gasteiger partial charge >= 0.3 is 0 Å². The van der Waals surface area contributed by atoms with Gasteiger partial charge in [0, 0.05) is 17.3 Å². The Bertz CT molecular complexity index is 1030. The van der Waals surface area contributed by atoms with Crippen LogP contribution < -0.4 is 15.4 Å². The quantitative estimate of drug-likeness (QED) is 0.640. The van der Waals surface area contributed by atoms with Crippen molar-refractivity contribution >= 4 is 28.9 Å². The second-order valence-electron chi connectivity index (χ2n) is 5.90. The summed E-state index contributed by atoms with van der Waals surface area (Å²) < 4.78 is 5.79. The Morgan fingerprint density at radius 1 is 1.00 bits per heavy atom. The van der Waals surface area contributed by atoms with Crippen molar-refractivity contribution in [3.8, 4) is 11.8 Å². The number of carbonyl (C=O) groups excluding carboxylic acids is 1. The van der Waals surface area contributed by atoms with Crippen molar-refractivity contribution < 1.29 is 9.53 Å². The predicted molar refractivity (Wildman–Crippen MR) is 112 cm³/mol. The number of rotatable bonds is 5. The van der Waals surface area contributed by atoms with Crippen LogP contribution in [0.2, 0.25) is 0 Å². The molecule has 0 fully saturated rings. The summed E-state index contributed by atoms with van der Waals surface area (Å²) in [6.07, 6.45) is 0. The molecule has 0 aromatic heterocycles. The van der Waals surface area contributed by atoms with Crippen LogP contribution in [0.3, 0.4) is 0 Å². The van der Waals surface area contributed by atoms with Gasteiger partial charge in [-0.05, 0) is 48.1 Å². The van der Waals surface area contributed by atoms with Crippen molar-refractivity contribution in [2.75, 3.05) is 5.32 Å². The Morgan fingerprint density at radius 3 is 2.57 bits per heavy atom. The van der Waals surface area contributed by atoms with E-state index in [0.717, 1.165) is 5.56 Å². The summed E-state index contributed by atoms with van der Waals surface area (Å²) in [4.78, 5) is 12.3. The number of amides is 1. The predicted octanol–water partition coefficient (Wildman–Crippen LogP) is 4.26. The second kappa shape index (κ2) is 9.31. The van der Waals surface area contributed by atoms with Crippen LogP contribution in [0.25, 0.3) is 0 Å². The number of anilines is 1. The zero-order valence-electron chi connectivity index (χ0n) is 14.9. The second-order valence-corrected chi connectivity index (χ2v) is 6.31. The largest absolute Gasteiger partial charge is 0.489 e. The molecule has 0 aliphatic carbocycles. The molecule has 2 N–H and O–H groups in total. The van der Waals surface area contributed by atoms with Crippen LogP contribution in [0.5, 0.6) is 5.75 Å². The topological polar surface area (TPSA) is 74.2 Å². The third-order valence-corrected chi connectivity index (χ3v) is 4.03. The first kappa shape index (κ1) is 19.1. The molecular formula is C22H17N3O2S. The molecule has 3 rings (SSSR count). The fourth-order valence-corrected chi connectivity index (χ4v) is 2.68. The summed E-state index contributed by atoms with van der Waals surface area (Å²) in [7, 11) is 0. The van der Waals surface area contributed by atoms with E-state index >= 15 is 0 Å². The third-order valence-electron chi connectivity index (χ3n) is 3.82. The summed E-state index contributed by atoms with van der Waals surface area (Å²) >= 11 is 5.21. The zero-order chi connectivity index (χ0) is 19.8. The van der Waals surface area contributed by atoms with E-state index in [9.17, 15) is 4.79 Å². The van der Waals surface area contributed by atoms with Crippen molar-refractivity contribution in [3.63, 3.8) is 0 Å². The minimum Gasteiger partial charge on any atom is -0.489 e. The van der Waals surface area contributed by atoms with Gasteiger partial charge in [0.1, 0.15) is 12.4 Å². The van der Waals surface area contributed by atoms with Gasteiger partial charge in [-0.3, -0.25) is 10.1 Å². The van der Waals surface area contributed by atoms with Crippen LogP contribution in [0.4, 0.5) is 5.69 Å². The van der Waals surface area contributed by atoms with Gasteiger partial charge in [0.15, 0.2) is 5.11 Å². The lowest BCUT2D eigenvalue weighted by Crippen LogP contribution is -2.34. The molecule has 28 heavy (non-hydrogen) atoms. The first-order valence-electron chi connectivity index (χ1n) is 8.53. The molecule has 0 unspecified atom stereocenters. The number of nitriles is 1. The normalized spacial score (nSPS) is 9.82. The summed E-state index contributed by atoms with van der Waals surface area (Å²) in [5.74, 6) is 0.302. The highest BCUT2D eigenvalue weighted by molar-refractivity contribution is 7.80. The maximum absolute atomic E-state index is 12.3. The van der Waals surface area contributed by atoms with Crippen LogP contribution in [0.1, 0.15) is 21.5 Å². The third kappa shape index (κ3) is 5.40. The van der Waals surface area contributed by atoms with Crippen LogP contribution in [-0.4, -0.2) is 11.0 Å². The molecular weight excluding hydrogens is 370 g/mol. The van der Waals surface area contributed by atoms with E-state index in [-0.39, 0.29) is 11.0 Å². The average molecular weight is 387 g/mol. The molecule has 0 bridgehead atoms. The summed E-state index contributed by atoms with van der Waals surface area (Å²) in [5.41, 5.74) is 2.54. The summed E-state index contributed by atoms with van der Waals surface area (Å²) in [6.45, 7) is 0.459. The highest BCUT2D eigenvalue weighted by Crippen LogP contribution is 2.18. The highest BCUT2D eigenvalue weighted by atomic mass is 32.1. The molecule has 0 saturated carbocycles. The fourth-order valence-electron chi connectivity index (χ4n) is 2.47. The molecule has 3 aromatic rings. The molecule has 138 valence electrons. The van der Waals surface area contributed by atoms with Crippen molar-refractivity contribution in [2.45, 2.75) is 6.61 Å². The van der Waals surface area contributed by atoms with Crippen LogP contribution in [0, 0.1) is 11.3 Å². The first-order chi connectivity index (χ1) is 13.6. The molecule has 0 heterocycles. The molecule has 0 radical (unpaired) electrons. The number of nitrogens with one attached hydrogen (secondary N) is 2. The standard InChI is InChI=1S/C22H17N3O2S/c23-14-17-8-4-9-18(12-17)21(26)25-22(28)24-19-10-5-11-20(13-19)27-15-16-6-2-1-3-7-16/h1-13H,15H2,(H2,24,25,26,28). The smallest absolute Gasteiger partial charge is 0.257 e. The number of benzene rings is 3. The van der Waals surface area contributed by atoms with Crippen molar-refractivity contribution in [1.29, 1.82) is 5.26 Å². The monoisotopic (exact) mass is 387 g/mol. The van der Waals surface area contributed by atoms with Gasteiger partial charge in [0.2, 0.25) is 0 Å². The van der Waals surface area contributed by atoms with Crippen molar-refractivity contribution in [3.05, 3.63) is 95.6 Å². The molecule has 3 aromatic carbocycles. The number of ether oxygens (including phenoxy) is 1. The molecule has 5 nitrogen and oxygen atoms in total. The van der Waals surface area contributed by atoms with Crippen molar-refractivity contribution in [2.24, 2.45) is 0 Å². The van der Waals surface area contributed by atoms with Crippen LogP contribution >= 0.6 is 12.2 Å². The van der Waals surface area contributed by atoms with E-state index in [2.05, 4.69) is 10.6 Å². The highest BCUT2D eigenvalue weighted by Gasteiger charge is 2.09. The lowest BCUT2D eigenvalue weighted by molar-refractivity contribution is 0.0977. The lowest BCUT2D eigenvalue weighted by atomic mass is 10.1. The van der Waals surface area contributed by atoms with Gasteiger partial charge in [0.25, 0.3) is 5.91 Å². The SMILES string of the molecule is N#Cc1cccc(C(=O)NC(=S)Nc2cccc(OCc3ccccc3)c2)c1. The van der Waals surface area contributed by atoms with Gasteiger partial charge < -0.3 is 10.1 Å². The Labute approximate surface area is 168 Å². The van der Waals surface area contributed by atoms with E-state index in [1.807, 2.05) is 54.6 Å². The fraction of sp³-hybridized carbons (Fsp3) is 0.0455. The van der Waals surface area contributed by atoms with Gasteiger partial charge in [-0.1, -0.05) is 42.5 Å². The zero-order valence-corrected chi connectivity index (χ0v) is 15.7. The molecule has 1 amide bonds. The van der Waals surface area contributed by atoms with Crippen molar-refractivity contribution in [1.82, 2.24) is 5.32 Å².